The second-order valence-electron chi connectivity index (χ2n) is 6.75. The number of thiophene rings is 1. The van der Waals surface area contributed by atoms with Crippen LogP contribution in [0.25, 0.3) is 10.2 Å². The van der Waals surface area contributed by atoms with E-state index in [0.717, 1.165) is 23.0 Å². The Labute approximate surface area is 180 Å². The van der Waals surface area contributed by atoms with Gasteiger partial charge in [-0.15, -0.1) is 11.3 Å². The fourth-order valence-electron chi connectivity index (χ4n) is 3.03. The molecule has 0 aliphatic carbocycles. The van der Waals surface area contributed by atoms with Crippen molar-refractivity contribution in [1.29, 1.82) is 0 Å². The van der Waals surface area contributed by atoms with Crippen LogP contribution in [-0.2, 0) is 22.3 Å². The van der Waals surface area contributed by atoms with E-state index >= 15 is 0 Å². The third-order valence-electron chi connectivity index (χ3n) is 4.56. The molecule has 0 atom stereocenters. The summed E-state index contributed by atoms with van der Waals surface area (Å²) in [5.74, 6) is -0.821. The third kappa shape index (κ3) is 5.38. The van der Waals surface area contributed by atoms with E-state index in [2.05, 4.69) is 9.97 Å². The lowest BCUT2D eigenvalue weighted by Gasteiger charge is -2.22. The highest BCUT2D eigenvalue weighted by Gasteiger charge is 2.33. The lowest BCUT2D eigenvalue weighted by atomic mass is 10.1. The summed E-state index contributed by atoms with van der Waals surface area (Å²) in [6.07, 6.45) is -1.35. The minimum Gasteiger partial charge on any atom is -0.466 e. The highest BCUT2D eigenvalue weighted by molar-refractivity contribution is 7.20. The third-order valence-corrected chi connectivity index (χ3v) is 5.75. The highest BCUT2D eigenvalue weighted by atomic mass is 32.1. The van der Waals surface area contributed by atoms with E-state index in [1.165, 1.54) is 11.0 Å². The van der Waals surface area contributed by atoms with Gasteiger partial charge in [-0.3, -0.25) is 14.6 Å². The maximum Gasteiger partial charge on any atom is 0.433 e. The molecule has 6 nitrogen and oxygen atoms in total. The summed E-state index contributed by atoms with van der Waals surface area (Å²) in [4.78, 5) is 34.7. The maximum atomic E-state index is 13.3. The number of nitrogens with zero attached hydrogens (tertiary/aromatic N) is 3. The number of fused-ring (bicyclic) bond motifs is 1. The van der Waals surface area contributed by atoms with Crippen molar-refractivity contribution in [2.75, 3.05) is 13.2 Å². The lowest BCUT2D eigenvalue weighted by Crippen LogP contribution is -2.32. The van der Waals surface area contributed by atoms with Gasteiger partial charge in [0.15, 0.2) is 0 Å². The second-order valence-corrected chi connectivity index (χ2v) is 7.75. The quantitative estimate of drug-likeness (QED) is 0.491. The molecule has 0 N–H and O–H groups in total. The van der Waals surface area contributed by atoms with Gasteiger partial charge in [0.25, 0.3) is 5.91 Å². The van der Waals surface area contributed by atoms with Gasteiger partial charge in [-0.05, 0) is 43.2 Å². The summed E-state index contributed by atoms with van der Waals surface area (Å²) in [6.45, 7) is 3.90. The van der Waals surface area contributed by atoms with Crippen molar-refractivity contribution >= 4 is 33.4 Å². The largest absolute Gasteiger partial charge is 0.466 e. The first kappa shape index (κ1) is 22.7. The molecule has 3 rings (SSSR count). The normalized spacial score (nSPS) is 11.5. The van der Waals surface area contributed by atoms with Crippen molar-refractivity contribution in [3.8, 4) is 0 Å². The van der Waals surface area contributed by atoms with Gasteiger partial charge in [0.2, 0.25) is 0 Å². The van der Waals surface area contributed by atoms with Crippen molar-refractivity contribution in [2.24, 2.45) is 0 Å². The van der Waals surface area contributed by atoms with Gasteiger partial charge < -0.3 is 9.64 Å². The minimum absolute atomic E-state index is 0.000255. The Morgan fingerprint density at radius 3 is 2.65 bits per heavy atom. The summed E-state index contributed by atoms with van der Waals surface area (Å²) in [7, 11) is 0. The molecule has 0 aliphatic rings. The molecule has 0 unspecified atom stereocenters. The second kappa shape index (κ2) is 9.42. The van der Waals surface area contributed by atoms with Crippen LogP contribution in [0.4, 0.5) is 13.2 Å². The van der Waals surface area contributed by atoms with Gasteiger partial charge in [-0.25, -0.2) is 4.98 Å². The fourth-order valence-corrected chi connectivity index (χ4v) is 4.18. The minimum atomic E-state index is -4.57. The molecule has 0 aliphatic heterocycles. The van der Waals surface area contributed by atoms with E-state index in [-0.39, 0.29) is 41.7 Å². The average molecular weight is 451 g/mol. The molecule has 0 bridgehead atoms. The Morgan fingerprint density at radius 2 is 2.00 bits per heavy atom. The number of pyridine rings is 2. The number of amides is 1. The predicted molar refractivity (Wildman–Crippen MR) is 110 cm³/mol. The van der Waals surface area contributed by atoms with E-state index in [9.17, 15) is 22.8 Å². The number of ether oxygens (including phenoxy) is 1. The summed E-state index contributed by atoms with van der Waals surface area (Å²) in [6, 6.07) is 5.77. The van der Waals surface area contributed by atoms with Crippen LogP contribution in [0.2, 0.25) is 0 Å². The lowest BCUT2D eigenvalue weighted by molar-refractivity contribution is -0.143. The van der Waals surface area contributed by atoms with E-state index in [1.807, 2.05) is 0 Å². The SMILES string of the molecule is CCOC(=O)CCN(Cc1cccnc1)C(=O)c1sc2nc(C(F)(F)F)ccc2c1C. The summed E-state index contributed by atoms with van der Waals surface area (Å²) in [5, 5.41) is 0.494. The van der Waals surface area contributed by atoms with Crippen LogP contribution in [-0.4, -0.2) is 39.9 Å². The van der Waals surface area contributed by atoms with Crippen LogP contribution in [0.3, 0.4) is 0 Å². The first-order valence-corrected chi connectivity index (χ1v) is 10.3. The van der Waals surface area contributed by atoms with Crippen molar-refractivity contribution < 1.29 is 27.5 Å². The number of halogens is 3. The number of alkyl halides is 3. The van der Waals surface area contributed by atoms with E-state index in [4.69, 9.17) is 4.74 Å². The summed E-state index contributed by atoms with van der Waals surface area (Å²) < 4.78 is 44.0. The molecule has 3 aromatic rings. The Balaban J connectivity index is 1.92. The number of hydrogen-bond acceptors (Lipinski definition) is 6. The Kier molecular flexibility index (Phi) is 6.89. The molecular weight excluding hydrogens is 431 g/mol. The number of rotatable bonds is 7. The van der Waals surface area contributed by atoms with E-state index in [0.29, 0.717) is 10.9 Å². The average Bonchev–Trinajstić information content (AvgIpc) is 3.07. The number of hydrogen-bond donors (Lipinski definition) is 0. The molecule has 10 heteroatoms. The Morgan fingerprint density at radius 1 is 1.23 bits per heavy atom. The van der Waals surface area contributed by atoms with E-state index in [1.54, 1.807) is 38.4 Å². The zero-order valence-corrected chi connectivity index (χ0v) is 17.7. The molecule has 0 saturated carbocycles. The molecule has 1 amide bonds. The number of carbonyl (C=O) groups is 2. The molecule has 31 heavy (non-hydrogen) atoms. The molecule has 0 saturated heterocycles. The molecule has 164 valence electrons. The topological polar surface area (TPSA) is 72.4 Å². The zero-order valence-electron chi connectivity index (χ0n) is 16.9. The number of carbonyl (C=O) groups excluding carboxylic acids is 2. The Bertz CT molecular complexity index is 1080. The van der Waals surface area contributed by atoms with Crippen LogP contribution in [0.5, 0.6) is 0 Å². The first-order chi connectivity index (χ1) is 14.7. The molecule has 3 aromatic heterocycles. The monoisotopic (exact) mass is 451 g/mol. The van der Waals surface area contributed by atoms with Crippen LogP contribution < -0.4 is 0 Å². The standard InChI is InChI=1S/C21H20F3N3O3S/c1-3-30-17(28)8-10-27(12-14-5-4-9-25-11-14)20(29)18-13(2)15-6-7-16(21(22,23)24)26-19(15)31-18/h4-7,9,11H,3,8,10,12H2,1-2H3. The summed E-state index contributed by atoms with van der Waals surface area (Å²) >= 11 is 0.912. The van der Waals surface area contributed by atoms with Crippen LogP contribution >= 0.6 is 11.3 Å². The molecular formula is C21H20F3N3O3S. The molecule has 0 aromatic carbocycles. The zero-order chi connectivity index (χ0) is 22.6. The van der Waals surface area contributed by atoms with Gasteiger partial charge in [-0.2, -0.15) is 13.2 Å². The van der Waals surface area contributed by atoms with Crippen molar-refractivity contribution in [2.45, 2.75) is 33.0 Å². The predicted octanol–water partition coefficient (Wildman–Crippen LogP) is 4.61. The van der Waals surface area contributed by atoms with Crippen LogP contribution in [0, 0.1) is 6.92 Å². The van der Waals surface area contributed by atoms with Gasteiger partial charge >= 0.3 is 12.1 Å². The molecule has 3 heterocycles. The van der Waals surface area contributed by atoms with Crippen molar-refractivity contribution in [3.63, 3.8) is 0 Å². The fraction of sp³-hybridized carbons (Fsp3) is 0.333. The number of aromatic nitrogens is 2. The smallest absolute Gasteiger partial charge is 0.433 e. The Hall–Kier alpha value is -3.01. The van der Waals surface area contributed by atoms with Crippen LogP contribution in [0.15, 0.2) is 36.7 Å². The highest BCUT2D eigenvalue weighted by Crippen LogP contribution is 2.34. The molecule has 0 spiro atoms. The van der Waals surface area contributed by atoms with Crippen molar-refractivity contribution in [3.05, 3.63) is 58.4 Å². The summed E-state index contributed by atoms with van der Waals surface area (Å²) in [5.41, 5.74) is 0.310. The first-order valence-electron chi connectivity index (χ1n) is 9.51. The molecule has 0 fully saturated rings. The van der Waals surface area contributed by atoms with Gasteiger partial charge in [0, 0.05) is 30.9 Å². The molecule has 0 radical (unpaired) electrons. The van der Waals surface area contributed by atoms with Gasteiger partial charge in [0.1, 0.15) is 10.5 Å². The number of esters is 1. The maximum absolute atomic E-state index is 13.3. The van der Waals surface area contributed by atoms with E-state index < -0.39 is 17.8 Å². The van der Waals surface area contributed by atoms with Gasteiger partial charge in [-0.1, -0.05) is 6.07 Å². The van der Waals surface area contributed by atoms with Crippen molar-refractivity contribution in [1.82, 2.24) is 14.9 Å². The van der Waals surface area contributed by atoms with Crippen LogP contribution in [0.1, 0.15) is 39.8 Å². The van der Waals surface area contributed by atoms with Gasteiger partial charge in [0.05, 0.1) is 17.9 Å². The number of aryl methyl sites for hydroxylation is 1.